The van der Waals surface area contributed by atoms with Crippen LogP contribution in [0.4, 0.5) is 0 Å². The summed E-state index contributed by atoms with van der Waals surface area (Å²) in [5.41, 5.74) is 7.59. The van der Waals surface area contributed by atoms with E-state index in [9.17, 15) is 5.11 Å². The lowest BCUT2D eigenvalue weighted by atomic mass is 9.84. The van der Waals surface area contributed by atoms with Gasteiger partial charge in [0.25, 0.3) is 0 Å². The van der Waals surface area contributed by atoms with Crippen molar-refractivity contribution in [3.63, 3.8) is 0 Å². The van der Waals surface area contributed by atoms with Crippen molar-refractivity contribution in [1.29, 1.82) is 0 Å². The highest BCUT2D eigenvalue weighted by molar-refractivity contribution is 5.83. The lowest BCUT2D eigenvalue weighted by Crippen LogP contribution is -2.21. The standard InChI is InChI=1S/C20H28N2O2/c1-4-14(15(5-2)13-21)6-9-20(23)17-10-11-22-19-8-7-16(24-3)12-18(17)19/h5,7-8,10-12,14-15,20,23H,2,4,6,9,13,21H2,1,3H3/t14?,15?,20-/m1/s1. The molecule has 1 aromatic carbocycles. The lowest BCUT2D eigenvalue weighted by Gasteiger charge is -2.23. The maximum atomic E-state index is 10.7. The minimum Gasteiger partial charge on any atom is -0.497 e. The van der Waals surface area contributed by atoms with Crippen LogP contribution in [0.1, 0.15) is 37.9 Å². The molecule has 1 aromatic heterocycles. The first-order chi connectivity index (χ1) is 11.6. The second kappa shape index (κ2) is 8.81. The molecule has 4 nitrogen and oxygen atoms in total. The number of methoxy groups -OCH3 is 1. The summed E-state index contributed by atoms with van der Waals surface area (Å²) in [6, 6.07) is 7.63. The zero-order valence-electron chi connectivity index (χ0n) is 14.6. The number of hydrogen-bond donors (Lipinski definition) is 2. The number of hydrogen-bond acceptors (Lipinski definition) is 4. The van der Waals surface area contributed by atoms with Gasteiger partial charge in [0.1, 0.15) is 5.75 Å². The molecule has 1 heterocycles. The second-order valence-corrected chi connectivity index (χ2v) is 6.18. The van der Waals surface area contributed by atoms with E-state index in [2.05, 4.69) is 18.5 Å². The van der Waals surface area contributed by atoms with Gasteiger partial charge in [-0.1, -0.05) is 19.4 Å². The first-order valence-electron chi connectivity index (χ1n) is 8.57. The van der Waals surface area contributed by atoms with Gasteiger partial charge in [-0.3, -0.25) is 4.98 Å². The smallest absolute Gasteiger partial charge is 0.119 e. The third kappa shape index (κ3) is 4.13. The van der Waals surface area contributed by atoms with Gasteiger partial charge in [-0.25, -0.2) is 0 Å². The molecule has 0 fully saturated rings. The summed E-state index contributed by atoms with van der Waals surface area (Å²) in [6.45, 7) is 6.65. The van der Waals surface area contributed by atoms with Crippen molar-refractivity contribution >= 4 is 10.9 Å². The second-order valence-electron chi connectivity index (χ2n) is 6.18. The lowest BCUT2D eigenvalue weighted by molar-refractivity contribution is 0.152. The zero-order valence-corrected chi connectivity index (χ0v) is 14.6. The van der Waals surface area contributed by atoms with Gasteiger partial charge >= 0.3 is 0 Å². The average Bonchev–Trinajstić information content (AvgIpc) is 2.63. The number of fused-ring (bicyclic) bond motifs is 1. The van der Waals surface area contributed by atoms with Crippen LogP contribution in [-0.2, 0) is 0 Å². The molecule has 2 aromatic rings. The molecule has 3 atom stereocenters. The first kappa shape index (κ1) is 18.4. The molecule has 2 rings (SSSR count). The van der Waals surface area contributed by atoms with Crippen LogP contribution < -0.4 is 10.5 Å². The maximum Gasteiger partial charge on any atom is 0.119 e. The van der Waals surface area contributed by atoms with Crippen molar-refractivity contribution in [1.82, 2.24) is 4.98 Å². The van der Waals surface area contributed by atoms with E-state index >= 15 is 0 Å². The van der Waals surface area contributed by atoms with Gasteiger partial charge in [-0.2, -0.15) is 0 Å². The van der Waals surface area contributed by atoms with Crippen LogP contribution in [0.25, 0.3) is 10.9 Å². The SMILES string of the molecule is C=CC(CN)C(CC)CC[C@@H](O)c1ccnc2ccc(OC)cc12. The monoisotopic (exact) mass is 328 g/mol. The fraction of sp³-hybridized carbons (Fsp3) is 0.450. The van der Waals surface area contributed by atoms with E-state index in [4.69, 9.17) is 10.5 Å². The van der Waals surface area contributed by atoms with E-state index in [0.29, 0.717) is 24.8 Å². The molecule has 2 unspecified atom stereocenters. The third-order valence-corrected chi connectivity index (χ3v) is 4.86. The normalized spacial score (nSPS) is 15.0. The highest BCUT2D eigenvalue weighted by Crippen LogP contribution is 2.31. The van der Waals surface area contributed by atoms with Crippen LogP contribution in [0.5, 0.6) is 5.75 Å². The molecule has 0 aliphatic heterocycles. The van der Waals surface area contributed by atoms with E-state index in [-0.39, 0.29) is 0 Å². The van der Waals surface area contributed by atoms with Crippen LogP contribution in [0.15, 0.2) is 43.1 Å². The quantitative estimate of drug-likeness (QED) is 0.686. The molecule has 0 aliphatic carbocycles. The number of aliphatic hydroxyl groups excluding tert-OH is 1. The molecule has 24 heavy (non-hydrogen) atoms. The molecule has 3 N–H and O–H groups in total. The van der Waals surface area contributed by atoms with Crippen molar-refractivity contribution in [2.24, 2.45) is 17.6 Å². The molecule has 0 spiro atoms. The van der Waals surface area contributed by atoms with Crippen molar-refractivity contribution in [3.8, 4) is 5.75 Å². The molecule has 130 valence electrons. The number of aromatic nitrogens is 1. The Morgan fingerprint density at radius 3 is 2.75 bits per heavy atom. The minimum atomic E-state index is -0.528. The number of aliphatic hydroxyl groups is 1. The van der Waals surface area contributed by atoms with Gasteiger partial charge in [-0.15, -0.1) is 6.58 Å². The fourth-order valence-corrected chi connectivity index (χ4v) is 3.29. The Balaban J connectivity index is 2.18. The summed E-state index contributed by atoms with van der Waals surface area (Å²) in [4.78, 5) is 4.37. The van der Waals surface area contributed by atoms with E-state index in [0.717, 1.165) is 35.1 Å². The maximum absolute atomic E-state index is 10.7. The van der Waals surface area contributed by atoms with E-state index in [1.807, 2.05) is 30.3 Å². The molecule has 0 amide bonds. The summed E-state index contributed by atoms with van der Waals surface area (Å²) in [5.74, 6) is 1.52. The fourth-order valence-electron chi connectivity index (χ4n) is 3.29. The number of rotatable bonds is 9. The molecule has 0 saturated heterocycles. The van der Waals surface area contributed by atoms with Crippen molar-refractivity contribution < 1.29 is 9.84 Å². The summed E-state index contributed by atoms with van der Waals surface area (Å²) < 4.78 is 5.30. The highest BCUT2D eigenvalue weighted by Gasteiger charge is 2.19. The topological polar surface area (TPSA) is 68.4 Å². The molecular formula is C20H28N2O2. The van der Waals surface area contributed by atoms with Gasteiger partial charge in [0.15, 0.2) is 0 Å². The van der Waals surface area contributed by atoms with Gasteiger partial charge in [0.05, 0.1) is 18.7 Å². The number of ether oxygens (including phenoxy) is 1. The predicted molar refractivity (Wildman–Crippen MR) is 99.0 cm³/mol. The Labute approximate surface area is 144 Å². The number of nitrogens with zero attached hydrogens (tertiary/aromatic N) is 1. The minimum absolute atomic E-state index is 0.302. The molecule has 0 aliphatic rings. The van der Waals surface area contributed by atoms with Crippen LogP contribution in [0, 0.1) is 11.8 Å². The Bertz CT molecular complexity index is 672. The van der Waals surface area contributed by atoms with Gasteiger partial charge in [0, 0.05) is 11.6 Å². The van der Waals surface area contributed by atoms with Crippen molar-refractivity contribution in [2.45, 2.75) is 32.3 Å². The molecule has 0 bridgehead atoms. The van der Waals surface area contributed by atoms with Crippen molar-refractivity contribution in [2.75, 3.05) is 13.7 Å². The Morgan fingerprint density at radius 2 is 2.12 bits per heavy atom. The van der Waals surface area contributed by atoms with Crippen LogP contribution >= 0.6 is 0 Å². The summed E-state index contributed by atoms with van der Waals surface area (Å²) in [5, 5.41) is 11.7. The summed E-state index contributed by atoms with van der Waals surface area (Å²) >= 11 is 0. The number of pyridine rings is 1. The summed E-state index contributed by atoms with van der Waals surface area (Å²) in [6.07, 6.45) is 5.80. The average molecular weight is 328 g/mol. The third-order valence-electron chi connectivity index (χ3n) is 4.86. The Hall–Kier alpha value is -1.91. The highest BCUT2D eigenvalue weighted by atomic mass is 16.5. The Kier molecular flexibility index (Phi) is 6.76. The van der Waals surface area contributed by atoms with Crippen LogP contribution in [-0.4, -0.2) is 23.7 Å². The van der Waals surface area contributed by atoms with Crippen molar-refractivity contribution in [3.05, 3.63) is 48.7 Å². The largest absolute Gasteiger partial charge is 0.497 e. The zero-order chi connectivity index (χ0) is 17.5. The van der Waals surface area contributed by atoms with E-state index in [1.54, 1.807) is 13.3 Å². The first-order valence-corrected chi connectivity index (χ1v) is 8.57. The van der Waals surface area contributed by atoms with E-state index < -0.39 is 6.10 Å². The number of benzene rings is 1. The van der Waals surface area contributed by atoms with E-state index in [1.165, 1.54) is 0 Å². The van der Waals surface area contributed by atoms with Crippen LogP contribution in [0.2, 0.25) is 0 Å². The molecule has 0 saturated carbocycles. The summed E-state index contributed by atoms with van der Waals surface area (Å²) in [7, 11) is 1.64. The van der Waals surface area contributed by atoms with Gasteiger partial charge in [-0.05, 0) is 61.1 Å². The molecular weight excluding hydrogens is 300 g/mol. The molecule has 0 radical (unpaired) electrons. The van der Waals surface area contributed by atoms with Gasteiger partial charge in [0.2, 0.25) is 0 Å². The van der Waals surface area contributed by atoms with Crippen LogP contribution in [0.3, 0.4) is 0 Å². The Morgan fingerprint density at radius 1 is 1.33 bits per heavy atom. The van der Waals surface area contributed by atoms with Gasteiger partial charge < -0.3 is 15.6 Å². The number of nitrogens with two attached hydrogens (primary N) is 1. The molecule has 4 heteroatoms. The predicted octanol–water partition coefficient (Wildman–Crippen LogP) is 3.84.